The number of rotatable bonds is 5. The van der Waals surface area contributed by atoms with Crippen molar-refractivity contribution in [1.82, 2.24) is 10.2 Å². The minimum atomic E-state index is -4.47. The smallest absolute Gasteiger partial charge is 0.422 e. The molecule has 0 radical (unpaired) electrons. The Morgan fingerprint density at radius 1 is 1.32 bits per heavy atom. The Morgan fingerprint density at radius 2 is 2.00 bits per heavy atom. The molecule has 8 heteroatoms. The van der Waals surface area contributed by atoms with Gasteiger partial charge in [-0.3, -0.25) is 9.69 Å². The highest BCUT2D eigenvalue weighted by Gasteiger charge is 2.55. The summed E-state index contributed by atoms with van der Waals surface area (Å²) in [6, 6.07) is 4.23. The molecule has 1 aliphatic carbocycles. The van der Waals surface area contributed by atoms with Crippen LogP contribution in [0.15, 0.2) is 18.2 Å². The molecule has 5 nitrogen and oxygen atoms in total. The first-order valence-electron chi connectivity index (χ1n) is 8.03. The fourth-order valence-corrected chi connectivity index (χ4v) is 3.05. The highest BCUT2D eigenvalue weighted by Crippen LogP contribution is 2.43. The molecule has 2 fully saturated rings. The predicted octanol–water partition coefficient (Wildman–Crippen LogP) is 3.16. The summed E-state index contributed by atoms with van der Waals surface area (Å²) < 4.78 is 42.2. The fraction of sp³-hybridized carbons (Fsp3) is 0.529. The molecule has 3 rings (SSSR count). The molecule has 1 aliphatic heterocycles. The Hall–Kier alpha value is -2.25. The second kappa shape index (κ2) is 5.93. The lowest BCUT2D eigenvalue weighted by Crippen LogP contribution is -2.46. The lowest BCUT2D eigenvalue weighted by Gasteiger charge is -2.21. The third-order valence-corrected chi connectivity index (χ3v) is 4.64. The Balaban J connectivity index is 1.80. The number of hydrogen-bond donors (Lipinski definition) is 1. The van der Waals surface area contributed by atoms with E-state index >= 15 is 0 Å². The number of nitrogens with zero attached hydrogens (tertiary/aromatic N) is 1. The molecule has 1 heterocycles. The van der Waals surface area contributed by atoms with Gasteiger partial charge in [0.15, 0.2) is 6.61 Å². The Morgan fingerprint density at radius 3 is 2.60 bits per heavy atom. The van der Waals surface area contributed by atoms with Crippen LogP contribution in [0.3, 0.4) is 0 Å². The third-order valence-electron chi connectivity index (χ3n) is 4.64. The van der Waals surface area contributed by atoms with E-state index in [-0.39, 0.29) is 24.1 Å². The highest BCUT2D eigenvalue weighted by molar-refractivity contribution is 6.07. The van der Waals surface area contributed by atoms with Crippen LogP contribution in [-0.2, 0) is 11.3 Å². The number of hydrogen-bond acceptors (Lipinski definition) is 3. The van der Waals surface area contributed by atoms with Crippen molar-refractivity contribution in [2.75, 3.05) is 6.61 Å². The summed E-state index contributed by atoms with van der Waals surface area (Å²) in [5.74, 6) is -0.201. The maximum absolute atomic E-state index is 12.6. The normalized spacial score (nSPS) is 23.8. The number of carbonyl (C=O) groups excluding carboxylic acids is 2. The number of amides is 3. The second-order valence-corrected chi connectivity index (χ2v) is 6.81. The van der Waals surface area contributed by atoms with E-state index in [0.717, 1.165) is 23.3 Å². The predicted molar refractivity (Wildman–Crippen MR) is 82.9 cm³/mol. The van der Waals surface area contributed by atoms with Crippen LogP contribution in [0.25, 0.3) is 0 Å². The molecule has 1 aromatic carbocycles. The summed E-state index contributed by atoms with van der Waals surface area (Å²) in [6.07, 6.45) is -2.71. The molecule has 3 amide bonds. The maximum Gasteiger partial charge on any atom is 0.422 e. The van der Waals surface area contributed by atoms with Crippen LogP contribution in [0.1, 0.15) is 30.9 Å². The van der Waals surface area contributed by atoms with Crippen molar-refractivity contribution >= 4 is 11.9 Å². The lowest BCUT2D eigenvalue weighted by atomic mass is 9.96. The van der Waals surface area contributed by atoms with Crippen LogP contribution >= 0.6 is 0 Å². The Labute approximate surface area is 143 Å². The fourth-order valence-electron chi connectivity index (χ4n) is 3.05. The summed E-state index contributed by atoms with van der Waals surface area (Å²) in [7, 11) is 0. The van der Waals surface area contributed by atoms with Crippen molar-refractivity contribution in [1.29, 1.82) is 0 Å². The summed E-state index contributed by atoms with van der Waals surface area (Å²) in [5.41, 5.74) is 0.161. The summed E-state index contributed by atoms with van der Waals surface area (Å²) in [6.45, 7) is 1.87. The van der Waals surface area contributed by atoms with Crippen LogP contribution in [0.4, 0.5) is 18.0 Å². The van der Waals surface area contributed by atoms with Gasteiger partial charge in [-0.05, 0) is 44.2 Å². The molecule has 0 spiro atoms. The van der Waals surface area contributed by atoms with Gasteiger partial charge < -0.3 is 10.1 Å². The number of urea groups is 1. The average molecular weight is 356 g/mol. The van der Waals surface area contributed by atoms with Crippen molar-refractivity contribution < 1.29 is 27.5 Å². The first kappa shape index (κ1) is 17.6. The third kappa shape index (κ3) is 3.57. The van der Waals surface area contributed by atoms with Gasteiger partial charge in [0.25, 0.3) is 5.91 Å². The number of halogens is 3. The molecular formula is C17H19F3N2O3. The molecule has 1 N–H and O–H groups in total. The molecule has 1 saturated heterocycles. The van der Waals surface area contributed by atoms with Crippen molar-refractivity contribution in [3.8, 4) is 5.75 Å². The SMILES string of the molecule is Cc1ccc(CN2C(=O)N[C@](C)(C3CC3)C2=O)c(OCC(F)(F)F)c1. The van der Waals surface area contributed by atoms with Gasteiger partial charge in [-0.15, -0.1) is 0 Å². The molecule has 25 heavy (non-hydrogen) atoms. The standard InChI is InChI=1S/C17H19F3N2O3/c1-10-3-4-11(13(7-10)25-9-17(18,19)20)8-22-14(23)16(2,12-5-6-12)21-15(22)24/h3-4,7,12H,5-6,8-9H2,1-2H3,(H,21,24)/t16-/m1/s1. The molecular weight excluding hydrogens is 337 g/mol. The summed E-state index contributed by atoms with van der Waals surface area (Å²) in [4.78, 5) is 25.9. The van der Waals surface area contributed by atoms with Crippen LogP contribution in [0.2, 0.25) is 0 Å². The van der Waals surface area contributed by atoms with Gasteiger partial charge >= 0.3 is 12.2 Å². The molecule has 1 saturated carbocycles. The van der Waals surface area contributed by atoms with Crippen molar-refractivity contribution in [2.45, 2.75) is 44.9 Å². The largest absolute Gasteiger partial charge is 0.484 e. The van der Waals surface area contributed by atoms with Gasteiger partial charge in [0.05, 0.1) is 6.54 Å². The monoisotopic (exact) mass is 356 g/mol. The number of aryl methyl sites for hydroxylation is 1. The minimum absolute atomic E-state index is 0.0259. The van der Waals surface area contributed by atoms with E-state index < -0.39 is 24.4 Å². The van der Waals surface area contributed by atoms with E-state index in [1.807, 2.05) is 0 Å². The van der Waals surface area contributed by atoms with Crippen molar-refractivity contribution in [2.24, 2.45) is 5.92 Å². The first-order valence-corrected chi connectivity index (χ1v) is 8.03. The Bertz CT molecular complexity index is 716. The number of carbonyl (C=O) groups is 2. The zero-order valence-electron chi connectivity index (χ0n) is 13.9. The molecule has 2 aliphatic rings. The zero-order chi connectivity index (χ0) is 18.4. The van der Waals surface area contributed by atoms with Gasteiger partial charge in [0.1, 0.15) is 11.3 Å². The number of imide groups is 1. The number of nitrogens with one attached hydrogen (secondary N) is 1. The average Bonchev–Trinajstić information content (AvgIpc) is 3.32. The van der Waals surface area contributed by atoms with E-state index in [9.17, 15) is 22.8 Å². The van der Waals surface area contributed by atoms with Crippen molar-refractivity contribution in [3.63, 3.8) is 0 Å². The first-order chi connectivity index (χ1) is 11.6. The van der Waals surface area contributed by atoms with Crippen LogP contribution in [-0.4, -0.2) is 35.2 Å². The summed E-state index contributed by atoms with van der Waals surface area (Å²) >= 11 is 0. The molecule has 136 valence electrons. The zero-order valence-corrected chi connectivity index (χ0v) is 13.9. The Kier molecular flexibility index (Phi) is 4.17. The van der Waals surface area contributed by atoms with Gasteiger partial charge in [-0.1, -0.05) is 12.1 Å². The van der Waals surface area contributed by atoms with E-state index in [0.29, 0.717) is 5.56 Å². The summed E-state index contributed by atoms with van der Waals surface area (Å²) in [5, 5.41) is 2.72. The minimum Gasteiger partial charge on any atom is -0.484 e. The second-order valence-electron chi connectivity index (χ2n) is 6.81. The quantitative estimate of drug-likeness (QED) is 0.825. The molecule has 0 bridgehead atoms. The molecule has 1 aromatic rings. The van der Waals surface area contributed by atoms with E-state index in [1.165, 1.54) is 6.07 Å². The topological polar surface area (TPSA) is 58.6 Å². The van der Waals surface area contributed by atoms with Crippen molar-refractivity contribution in [3.05, 3.63) is 29.3 Å². The molecule has 0 unspecified atom stereocenters. The highest BCUT2D eigenvalue weighted by atomic mass is 19.4. The number of ether oxygens (including phenoxy) is 1. The number of alkyl halides is 3. The van der Waals surface area contributed by atoms with E-state index in [4.69, 9.17) is 4.74 Å². The van der Waals surface area contributed by atoms with E-state index in [1.54, 1.807) is 26.0 Å². The van der Waals surface area contributed by atoms with Crippen LogP contribution in [0, 0.1) is 12.8 Å². The van der Waals surface area contributed by atoms with Gasteiger partial charge in [-0.25, -0.2) is 4.79 Å². The molecule has 0 aromatic heterocycles. The van der Waals surface area contributed by atoms with Crippen LogP contribution in [0.5, 0.6) is 5.75 Å². The van der Waals surface area contributed by atoms with Gasteiger partial charge in [0.2, 0.25) is 0 Å². The molecule has 1 atom stereocenters. The van der Waals surface area contributed by atoms with Gasteiger partial charge in [0, 0.05) is 5.56 Å². The maximum atomic E-state index is 12.6. The number of benzene rings is 1. The van der Waals surface area contributed by atoms with E-state index in [2.05, 4.69) is 5.32 Å². The van der Waals surface area contributed by atoms with Gasteiger partial charge in [-0.2, -0.15) is 13.2 Å². The van der Waals surface area contributed by atoms with Crippen LogP contribution < -0.4 is 10.1 Å². The lowest BCUT2D eigenvalue weighted by molar-refractivity contribution is -0.153.